The molecule has 0 radical (unpaired) electrons. The van der Waals surface area contributed by atoms with Crippen molar-refractivity contribution < 1.29 is 9.53 Å². The molecular weight excluding hydrogens is 262 g/mol. The average molecular weight is 270 g/mol. The van der Waals surface area contributed by atoms with Crippen molar-refractivity contribution in [2.24, 2.45) is 0 Å². The minimum atomic E-state index is -0.557. The molecule has 0 fully saturated rings. The number of thiophene rings is 1. The summed E-state index contributed by atoms with van der Waals surface area (Å²) < 4.78 is 5.19. The molecule has 0 atom stereocenters. The number of anilines is 1. The first-order valence-electron chi connectivity index (χ1n) is 4.58. The molecule has 5 nitrogen and oxygen atoms in total. The molecule has 0 amide bonds. The van der Waals surface area contributed by atoms with Gasteiger partial charge in [0.1, 0.15) is 11.4 Å². The summed E-state index contributed by atoms with van der Waals surface area (Å²) in [5.74, 6) is -0.0308. The number of hydrogen-bond donors (Lipinski definition) is 1. The quantitative estimate of drug-likeness (QED) is 0.846. The number of carbonyl (C=O) groups excluding carboxylic acids is 1. The fraction of sp³-hybridized carbons (Fsp3) is 0.100. The van der Waals surface area contributed by atoms with E-state index in [9.17, 15) is 4.79 Å². The molecule has 0 saturated carbocycles. The predicted octanol–water partition coefficient (Wildman–Crippen LogP) is 2.23. The first kappa shape index (κ1) is 11.8. The lowest BCUT2D eigenvalue weighted by Crippen LogP contribution is -2.08. The number of ether oxygens (including phenoxy) is 1. The standard InChI is InChI=1S/C10H8ClN3O2S/c1-16-10(15)5-4-13-9(14-8(5)12)6-2-3-7(11)17-6/h2-4H,1H3,(H2,12,13,14). The number of nitrogens with zero attached hydrogens (tertiary/aromatic N) is 2. The van der Waals surface area contributed by atoms with Gasteiger partial charge in [-0.3, -0.25) is 0 Å². The van der Waals surface area contributed by atoms with Gasteiger partial charge < -0.3 is 10.5 Å². The predicted molar refractivity (Wildman–Crippen MR) is 66.1 cm³/mol. The van der Waals surface area contributed by atoms with Gasteiger partial charge in [-0.05, 0) is 12.1 Å². The highest BCUT2D eigenvalue weighted by molar-refractivity contribution is 7.19. The average Bonchev–Trinajstić information content (AvgIpc) is 2.75. The van der Waals surface area contributed by atoms with Crippen LogP contribution < -0.4 is 5.73 Å². The van der Waals surface area contributed by atoms with E-state index in [0.29, 0.717) is 10.2 Å². The van der Waals surface area contributed by atoms with E-state index < -0.39 is 5.97 Å². The van der Waals surface area contributed by atoms with Crippen molar-refractivity contribution in [3.8, 4) is 10.7 Å². The van der Waals surface area contributed by atoms with E-state index in [1.807, 2.05) is 0 Å². The first-order valence-corrected chi connectivity index (χ1v) is 5.78. The van der Waals surface area contributed by atoms with Crippen molar-refractivity contribution in [3.05, 3.63) is 28.2 Å². The van der Waals surface area contributed by atoms with E-state index in [-0.39, 0.29) is 11.4 Å². The molecule has 0 aliphatic rings. The summed E-state index contributed by atoms with van der Waals surface area (Å²) in [6, 6.07) is 3.54. The van der Waals surface area contributed by atoms with Crippen LogP contribution in [-0.4, -0.2) is 23.0 Å². The van der Waals surface area contributed by atoms with Crippen LogP contribution in [0, 0.1) is 0 Å². The van der Waals surface area contributed by atoms with Gasteiger partial charge in [-0.1, -0.05) is 11.6 Å². The Balaban J connectivity index is 2.40. The van der Waals surface area contributed by atoms with E-state index in [1.165, 1.54) is 24.6 Å². The molecule has 0 spiro atoms. The Hall–Kier alpha value is -1.66. The smallest absolute Gasteiger partial charge is 0.343 e. The fourth-order valence-electron chi connectivity index (χ4n) is 1.22. The maximum Gasteiger partial charge on any atom is 0.343 e. The van der Waals surface area contributed by atoms with E-state index in [0.717, 1.165) is 4.88 Å². The summed E-state index contributed by atoms with van der Waals surface area (Å²) in [7, 11) is 1.27. The molecule has 7 heteroatoms. The van der Waals surface area contributed by atoms with Crippen molar-refractivity contribution in [2.45, 2.75) is 0 Å². The highest BCUT2D eigenvalue weighted by atomic mass is 35.5. The Morgan fingerprint density at radius 2 is 2.29 bits per heavy atom. The molecule has 0 bridgehead atoms. The molecule has 0 unspecified atom stereocenters. The Morgan fingerprint density at radius 3 is 2.82 bits per heavy atom. The number of aromatic nitrogens is 2. The van der Waals surface area contributed by atoms with Gasteiger partial charge >= 0.3 is 5.97 Å². The molecule has 2 N–H and O–H groups in total. The molecule has 2 heterocycles. The number of rotatable bonds is 2. The summed E-state index contributed by atoms with van der Waals surface area (Å²) >= 11 is 7.15. The van der Waals surface area contributed by atoms with Crippen LogP contribution in [0.15, 0.2) is 18.3 Å². The normalized spacial score (nSPS) is 10.2. The molecular formula is C10H8ClN3O2S. The minimum Gasteiger partial charge on any atom is -0.465 e. The van der Waals surface area contributed by atoms with Gasteiger partial charge in [-0.15, -0.1) is 11.3 Å². The van der Waals surface area contributed by atoms with Gasteiger partial charge in [0.2, 0.25) is 0 Å². The van der Waals surface area contributed by atoms with Crippen LogP contribution in [0.3, 0.4) is 0 Å². The lowest BCUT2D eigenvalue weighted by atomic mass is 10.3. The van der Waals surface area contributed by atoms with E-state index in [2.05, 4.69) is 14.7 Å². The second kappa shape index (κ2) is 4.68. The Bertz CT molecular complexity index is 570. The SMILES string of the molecule is COC(=O)c1cnc(-c2ccc(Cl)s2)nc1N. The van der Waals surface area contributed by atoms with Gasteiger partial charge in [0.15, 0.2) is 5.82 Å². The topological polar surface area (TPSA) is 78.1 Å². The fourth-order valence-corrected chi connectivity index (χ4v) is 2.20. The zero-order valence-corrected chi connectivity index (χ0v) is 10.4. The van der Waals surface area contributed by atoms with E-state index in [4.69, 9.17) is 17.3 Å². The summed E-state index contributed by atoms with van der Waals surface area (Å²) in [4.78, 5) is 20.2. The lowest BCUT2D eigenvalue weighted by molar-refractivity contribution is 0.0601. The van der Waals surface area contributed by atoms with Crippen molar-refractivity contribution >= 4 is 34.7 Å². The van der Waals surface area contributed by atoms with Crippen LogP contribution in [0.25, 0.3) is 10.7 Å². The monoisotopic (exact) mass is 269 g/mol. The van der Waals surface area contributed by atoms with Crippen molar-refractivity contribution in [1.29, 1.82) is 0 Å². The number of halogens is 1. The van der Waals surface area contributed by atoms with Gasteiger partial charge in [-0.2, -0.15) is 0 Å². The highest BCUT2D eigenvalue weighted by Crippen LogP contribution is 2.29. The second-order valence-corrected chi connectivity index (χ2v) is 4.80. The lowest BCUT2D eigenvalue weighted by Gasteiger charge is -2.03. The molecule has 17 heavy (non-hydrogen) atoms. The Kier molecular flexibility index (Phi) is 3.26. The van der Waals surface area contributed by atoms with E-state index >= 15 is 0 Å². The van der Waals surface area contributed by atoms with Crippen molar-refractivity contribution in [3.63, 3.8) is 0 Å². The second-order valence-electron chi connectivity index (χ2n) is 3.09. The van der Waals surface area contributed by atoms with E-state index in [1.54, 1.807) is 12.1 Å². The van der Waals surface area contributed by atoms with Crippen LogP contribution in [0.2, 0.25) is 4.34 Å². The van der Waals surface area contributed by atoms with Gasteiger partial charge in [-0.25, -0.2) is 14.8 Å². The number of hydrogen-bond acceptors (Lipinski definition) is 6. The molecule has 88 valence electrons. The van der Waals surface area contributed by atoms with Crippen LogP contribution in [-0.2, 0) is 4.74 Å². The Labute approximate surface area is 106 Å². The van der Waals surface area contributed by atoms with Gasteiger partial charge in [0.25, 0.3) is 0 Å². The maximum atomic E-state index is 11.3. The number of methoxy groups -OCH3 is 1. The van der Waals surface area contributed by atoms with Crippen LogP contribution >= 0.6 is 22.9 Å². The number of esters is 1. The maximum absolute atomic E-state index is 11.3. The summed E-state index contributed by atoms with van der Waals surface area (Å²) in [6.07, 6.45) is 1.34. The Morgan fingerprint density at radius 1 is 1.53 bits per heavy atom. The van der Waals surface area contributed by atoms with Crippen LogP contribution in [0.4, 0.5) is 5.82 Å². The van der Waals surface area contributed by atoms with Gasteiger partial charge in [0, 0.05) is 6.20 Å². The number of nitrogens with two attached hydrogens (primary N) is 1. The highest BCUT2D eigenvalue weighted by Gasteiger charge is 2.14. The third-order valence-electron chi connectivity index (χ3n) is 2.02. The van der Waals surface area contributed by atoms with Crippen molar-refractivity contribution in [2.75, 3.05) is 12.8 Å². The summed E-state index contributed by atoms with van der Waals surface area (Å²) in [5, 5.41) is 0. The first-order chi connectivity index (χ1) is 8.11. The minimum absolute atomic E-state index is 0.0892. The summed E-state index contributed by atoms with van der Waals surface area (Å²) in [5.41, 5.74) is 5.81. The third kappa shape index (κ3) is 2.37. The molecule has 0 aliphatic carbocycles. The molecule has 2 rings (SSSR count). The summed E-state index contributed by atoms with van der Waals surface area (Å²) in [6.45, 7) is 0. The zero-order valence-electron chi connectivity index (χ0n) is 8.81. The molecule has 0 aromatic carbocycles. The van der Waals surface area contributed by atoms with Gasteiger partial charge in [0.05, 0.1) is 16.3 Å². The zero-order chi connectivity index (χ0) is 12.4. The largest absolute Gasteiger partial charge is 0.465 e. The molecule has 2 aromatic heterocycles. The van der Waals surface area contributed by atoms with Crippen LogP contribution in [0.5, 0.6) is 0 Å². The number of nitrogen functional groups attached to an aromatic ring is 1. The molecule has 0 saturated heterocycles. The molecule has 0 aliphatic heterocycles. The number of carbonyl (C=O) groups is 1. The molecule has 2 aromatic rings. The van der Waals surface area contributed by atoms with Crippen LogP contribution in [0.1, 0.15) is 10.4 Å². The van der Waals surface area contributed by atoms with Crippen molar-refractivity contribution in [1.82, 2.24) is 9.97 Å². The third-order valence-corrected chi connectivity index (χ3v) is 3.24.